The fourth-order valence-electron chi connectivity index (χ4n) is 3.11. The molecule has 0 aliphatic heterocycles. The Morgan fingerprint density at radius 2 is 1.47 bits per heavy atom. The van der Waals surface area contributed by atoms with Gasteiger partial charge in [0, 0.05) is 5.69 Å². The number of carbonyl (C=O) groups is 2. The Kier molecular flexibility index (Phi) is 16.7. The third-order valence-corrected chi connectivity index (χ3v) is 5.02. The van der Waals surface area contributed by atoms with Crippen LogP contribution in [0.25, 0.3) is 0 Å². The van der Waals surface area contributed by atoms with Gasteiger partial charge in [-0.25, -0.2) is 4.79 Å². The number of hydrogen-bond acceptors (Lipinski definition) is 5. The molecule has 7 nitrogen and oxygen atoms in total. The highest BCUT2D eigenvalue weighted by molar-refractivity contribution is 5.98. The Hall–Kier alpha value is -3.58. The highest BCUT2D eigenvalue weighted by atomic mass is 16.5. The lowest BCUT2D eigenvalue weighted by Crippen LogP contribution is -2.30. The van der Waals surface area contributed by atoms with Gasteiger partial charge in [0.05, 0.1) is 12.2 Å². The number of aromatic carboxylic acids is 1. The van der Waals surface area contributed by atoms with Gasteiger partial charge in [0.1, 0.15) is 11.8 Å². The highest BCUT2D eigenvalue weighted by Gasteiger charge is 2.18. The third-order valence-electron chi connectivity index (χ3n) is 5.02. The van der Waals surface area contributed by atoms with Gasteiger partial charge < -0.3 is 15.2 Å². The third kappa shape index (κ3) is 13.3. The van der Waals surface area contributed by atoms with Crippen molar-refractivity contribution in [2.75, 3.05) is 11.9 Å². The molecule has 0 aliphatic rings. The van der Waals surface area contributed by atoms with Crippen LogP contribution in [0.1, 0.15) is 69.2 Å². The summed E-state index contributed by atoms with van der Waals surface area (Å²) < 4.78 is 5.68. The van der Waals surface area contributed by atoms with Crippen molar-refractivity contribution in [2.24, 2.45) is 5.18 Å². The number of benzene rings is 1. The molecule has 0 aromatic heterocycles. The number of nitrogens with one attached hydrogen (secondary N) is 1. The Morgan fingerprint density at radius 3 is 1.97 bits per heavy atom. The van der Waals surface area contributed by atoms with E-state index in [1.54, 1.807) is 0 Å². The summed E-state index contributed by atoms with van der Waals surface area (Å²) in [7, 11) is 0. The Morgan fingerprint density at radius 1 is 0.917 bits per heavy atom. The van der Waals surface area contributed by atoms with Crippen LogP contribution in [0.3, 0.4) is 0 Å². The lowest BCUT2D eigenvalue weighted by Gasteiger charge is -2.16. The van der Waals surface area contributed by atoms with Gasteiger partial charge in [0.2, 0.25) is 0 Å². The highest BCUT2D eigenvalue weighted by Crippen LogP contribution is 2.23. The average Bonchev–Trinajstić information content (AvgIpc) is 2.87. The van der Waals surface area contributed by atoms with E-state index in [-0.39, 0.29) is 22.8 Å². The van der Waals surface area contributed by atoms with Crippen LogP contribution in [0.15, 0.2) is 84.1 Å². The van der Waals surface area contributed by atoms with Crippen molar-refractivity contribution >= 4 is 23.3 Å². The molecule has 1 rings (SSSR count). The van der Waals surface area contributed by atoms with E-state index in [2.05, 4.69) is 72.1 Å². The van der Waals surface area contributed by atoms with Crippen LogP contribution in [0.4, 0.5) is 11.4 Å². The van der Waals surface area contributed by atoms with Crippen LogP contribution in [0, 0.1) is 4.91 Å². The van der Waals surface area contributed by atoms with Crippen molar-refractivity contribution in [3.8, 4) is 0 Å². The molecular formula is C29H38N2O5. The number of anilines is 1. The number of carbonyl (C=O) groups excluding carboxylic acids is 1. The van der Waals surface area contributed by atoms with Crippen LogP contribution < -0.4 is 5.32 Å². The molecule has 0 aliphatic carbocycles. The SMILES string of the molecule is CCC=CCC=CCC=CCC=CCC=CCCOC(CC)C(=O)Nc1ccc(N=O)c(C(=O)O)c1. The van der Waals surface area contributed by atoms with Crippen molar-refractivity contribution in [3.05, 3.63) is 89.4 Å². The van der Waals surface area contributed by atoms with Gasteiger partial charge in [-0.05, 0) is 68.3 Å². The van der Waals surface area contributed by atoms with Gasteiger partial charge in [-0.3, -0.25) is 4.79 Å². The van der Waals surface area contributed by atoms with E-state index in [9.17, 15) is 19.6 Å². The van der Waals surface area contributed by atoms with Gasteiger partial charge in [0.15, 0.2) is 0 Å². The van der Waals surface area contributed by atoms with Crippen molar-refractivity contribution in [1.29, 1.82) is 0 Å². The van der Waals surface area contributed by atoms with Crippen LogP contribution in [0.5, 0.6) is 0 Å². The molecule has 1 amide bonds. The van der Waals surface area contributed by atoms with Crippen LogP contribution in [-0.4, -0.2) is 29.7 Å². The number of allylic oxidation sites excluding steroid dienone is 9. The fraction of sp³-hybridized carbons (Fsp3) is 0.379. The molecule has 1 unspecified atom stereocenters. The minimum Gasteiger partial charge on any atom is -0.478 e. The van der Waals surface area contributed by atoms with Gasteiger partial charge in [0.25, 0.3) is 5.91 Å². The van der Waals surface area contributed by atoms with E-state index in [0.29, 0.717) is 19.4 Å². The molecule has 0 heterocycles. The minimum atomic E-state index is -1.29. The Bertz CT molecular complexity index is 960. The monoisotopic (exact) mass is 494 g/mol. The lowest BCUT2D eigenvalue weighted by molar-refractivity contribution is -0.127. The summed E-state index contributed by atoms with van der Waals surface area (Å²) in [6.07, 6.45) is 26.6. The predicted molar refractivity (Wildman–Crippen MR) is 147 cm³/mol. The first-order valence-electron chi connectivity index (χ1n) is 12.4. The van der Waals surface area contributed by atoms with Crippen molar-refractivity contribution in [1.82, 2.24) is 0 Å². The molecule has 0 bridgehead atoms. The second kappa shape index (κ2) is 19.7. The van der Waals surface area contributed by atoms with E-state index in [1.807, 2.05) is 13.0 Å². The Labute approximate surface area is 214 Å². The number of carboxylic acids is 1. The topological polar surface area (TPSA) is 105 Å². The summed E-state index contributed by atoms with van der Waals surface area (Å²) >= 11 is 0. The lowest BCUT2D eigenvalue weighted by atomic mass is 10.1. The molecule has 0 fully saturated rings. The molecule has 1 aromatic carbocycles. The quantitative estimate of drug-likeness (QED) is 0.124. The van der Waals surface area contributed by atoms with Crippen molar-refractivity contribution < 1.29 is 19.4 Å². The van der Waals surface area contributed by atoms with Gasteiger partial charge in [-0.15, -0.1) is 4.91 Å². The minimum absolute atomic E-state index is 0.194. The van der Waals surface area contributed by atoms with Crippen LogP contribution >= 0.6 is 0 Å². The van der Waals surface area contributed by atoms with E-state index in [0.717, 1.165) is 32.1 Å². The summed E-state index contributed by atoms with van der Waals surface area (Å²) in [4.78, 5) is 34.4. The largest absolute Gasteiger partial charge is 0.478 e. The molecule has 0 saturated carbocycles. The first-order valence-corrected chi connectivity index (χ1v) is 12.4. The van der Waals surface area contributed by atoms with Gasteiger partial charge in [-0.2, -0.15) is 0 Å². The zero-order chi connectivity index (χ0) is 26.4. The Balaban J connectivity index is 2.27. The van der Waals surface area contributed by atoms with Crippen LogP contribution in [0.2, 0.25) is 0 Å². The smallest absolute Gasteiger partial charge is 0.338 e. The van der Waals surface area contributed by atoms with Crippen molar-refractivity contribution in [2.45, 2.75) is 64.9 Å². The zero-order valence-corrected chi connectivity index (χ0v) is 21.3. The number of nitroso groups, excluding NO2 is 1. The second-order valence-electron chi connectivity index (χ2n) is 7.88. The summed E-state index contributed by atoms with van der Waals surface area (Å²) in [5, 5.41) is 14.5. The number of rotatable bonds is 18. The standard InChI is InChI=1S/C29H38N2O5/c1-3-5-6-7-8-9-10-11-12-13-14-15-16-17-18-19-22-36-27(4-2)28(32)30-24-20-21-26(31-35)25(23-24)29(33)34/h5-6,8-9,11-12,14-15,17-18,20-21,23,27H,3-4,7,10,13,16,19,22H2,1-2H3,(H,30,32)(H,33,34). The predicted octanol–water partition coefficient (Wildman–Crippen LogP) is 7.66. The van der Waals surface area contributed by atoms with E-state index >= 15 is 0 Å². The van der Waals surface area contributed by atoms with E-state index in [1.165, 1.54) is 18.2 Å². The molecule has 7 heteroatoms. The molecule has 2 N–H and O–H groups in total. The maximum absolute atomic E-state index is 12.5. The molecular weight excluding hydrogens is 456 g/mol. The number of carboxylic acid groups (broad SMARTS) is 1. The molecule has 36 heavy (non-hydrogen) atoms. The molecule has 0 radical (unpaired) electrons. The molecule has 194 valence electrons. The fourth-order valence-corrected chi connectivity index (χ4v) is 3.11. The number of ether oxygens (including phenoxy) is 1. The maximum Gasteiger partial charge on any atom is 0.338 e. The van der Waals surface area contributed by atoms with Gasteiger partial charge >= 0.3 is 5.97 Å². The summed E-state index contributed by atoms with van der Waals surface area (Å²) in [5.41, 5.74) is -0.194. The number of hydrogen-bond donors (Lipinski definition) is 2. The van der Waals surface area contributed by atoms with E-state index < -0.39 is 12.1 Å². The molecule has 0 spiro atoms. The summed E-state index contributed by atoms with van der Waals surface area (Å²) in [6.45, 7) is 4.36. The summed E-state index contributed by atoms with van der Waals surface area (Å²) in [6, 6.07) is 3.90. The number of nitrogens with zero attached hydrogens (tertiary/aromatic N) is 1. The first-order chi connectivity index (χ1) is 17.5. The second-order valence-corrected chi connectivity index (χ2v) is 7.88. The molecule has 0 saturated heterocycles. The normalized spacial score (nSPS) is 12.9. The average molecular weight is 495 g/mol. The molecule has 1 atom stereocenters. The number of amides is 1. The zero-order valence-electron chi connectivity index (χ0n) is 21.3. The maximum atomic E-state index is 12.5. The molecule has 1 aromatic rings. The van der Waals surface area contributed by atoms with E-state index in [4.69, 9.17) is 4.74 Å². The first kappa shape index (κ1) is 30.5. The van der Waals surface area contributed by atoms with Gasteiger partial charge in [-0.1, -0.05) is 74.6 Å². The van der Waals surface area contributed by atoms with Crippen LogP contribution in [-0.2, 0) is 9.53 Å². The summed E-state index contributed by atoms with van der Waals surface area (Å²) in [5.74, 6) is -1.66. The van der Waals surface area contributed by atoms with Crippen molar-refractivity contribution in [3.63, 3.8) is 0 Å².